The van der Waals surface area contributed by atoms with Gasteiger partial charge in [-0.1, -0.05) is 36.4 Å². The fraction of sp³-hybridized carbons (Fsp3) is 0.273. The molecule has 1 aromatic heterocycles. The molecule has 8 heteroatoms. The summed E-state index contributed by atoms with van der Waals surface area (Å²) in [5, 5.41) is 0. The highest BCUT2D eigenvalue weighted by Gasteiger charge is 2.34. The Morgan fingerprint density at radius 3 is 2.57 bits per heavy atom. The van der Waals surface area contributed by atoms with E-state index in [4.69, 9.17) is 24.4 Å². The Balaban J connectivity index is 1.45. The number of aromatic nitrogens is 1. The Labute approximate surface area is 173 Å². The molecule has 5 rings (SSSR count). The highest BCUT2D eigenvalue weighted by molar-refractivity contribution is 5.92. The largest absolute Gasteiger partial charge is 0.454 e. The predicted octanol–water partition coefficient (Wildman–Crippen LogP) is 2.82. The Bertz CT molecular complexity index is 1050. The van der Waals surface area contributed by atoms with Gasteiger partial charge in [0.05, 0.1) is 19.6 Å². The third kappa shape index (κ3) is 3.51. The lowest BCUT2D eigenvalue weighted by Crippen LogP contribution is -2.43. The standard InChI is InChI=1S/C22H21N3O5/c23-9-21-24-16(12-27-21)22(26)25-10-19(14-4-2-1-3-5-14)30-20(11-25)15-6-7-17-18(8-15)29-13-28-17/h1-8,12,19-20H,9-11,13,23H2/t19-,20+/m0/s1. The minimum atomic E-state index is -0.330. The molecule has 154 valence electrons. The lowest BCUT2D eigenvalue weighted by molar-refractivity contribution is -0.0798. The molecule has 0 aliphatic carbocycles. The second-order valence-electron chi connectivity index (χ2n) is 7.18. The van der Waals surface area contributed by atoms with Crippen LogP contribution in [0.4, 0.5) is 0 Å². The molecule has 8 nitrogen and oxygen atoms in total. The highest BCUT2D eigenvalue weighted by atomic mass is 16.7. The summed E-state index contributed by atoms with van der Waals surface area (Å²) in [7, 11) is 0. The molecule has 1 amide bonds. The number of fused-ring (bicyclic) bond motifs is 1. The fourth-order valence-corrected chi connectivity index (χ4v) is 3.74. The quantitative estimate of drug-likeness (QED) is 0.710. The van der Waals surface area contributed by atoms with E-state index < -0.39 is 0 Å². The highest BCUT2D eigenvalue weighted by Crippen LogP contribution is 2.38. The van der Waals surface area contributed by atoms with Crippen LogP contribution in [-0.4, -0.2) is 35.7 Å². The average Bonchev–Trinajstić information content (AvgIpc) is 3.48. The summed E-state index contributed by atoms with van der Waals surface area (Å²) in [5.74, 6) is 1.51. The van der Waals surface area contributed by atoms with E-state index >= 15 is 0 Å². The number of carbonyl (C=O) groups excluding carboxylic acids is 1. The zero-order chi connectivity index (χ0) is 20.5. The van der Waals surface area contributed by atoms with Crippen molar-refractivity contribution in [2.45, 2.75) is 18.8 Å². The third-order valence-electron chi connectivity index (χ3n) is 5.27. The lowest BCUT2D eigenvalue weighted by atomic mass is 10.0. The van der Waals surface area contributed by atoms with Crippen LogP contribution < -0.4 is 15.2 Å². The first-order valence-corrected chi connectivity index (χ1v) is 9.75. The molecule has 2 aliphatic rings. The Morgan fingerprint density at radius 1 is 1.03 bits per heavy atom. The van der Waals surface area contributed by atoms with Crippen LogP contribution in [0.1, 0.15) is 39.7 Å². The number of benzene rings is 2. The van der Waals surface area contributed by atoms with Gasteiger partial charge < -0.3 is 29.3 Å². The smallest absolute Gasteiger partial charge is 0.276 e. The number of morpholine rings is 1. The van der Waals surface area contributed by atoms with Crippen LogP contribution in [0.2, 0.25) is 0 Å². The molecule has 2 atom stereocenters. The zero-order valence-electron chi connectivity index (χ0n) is 16.2. The molecule has 30 heavy (non-hydrogen) atoms. The molecule has 2 aromatic carbocycles. The monoisotopic (exact) mass is 407 g/mol. The van der Waals surface area contributed by atoms with Crippen molar-refractivity contribution in [2.75, 3.05) is 19.9 Å². The van der Waals surface area contributed by atoms with E-state index in [2.05, 4.69) is 4.98 Å². The topological polar surface area (TPSA) is 100 Å². The van der Waals surface area contributed by atoms with E-state index in [1.807, 2.05) is 48.5 Å². The molecule has 1 saturated heterocycles. The number of rotatable bonds is 4. The van der Waals surface area contributed by atoms with Crippen LogP contribution in [0.25, 0.3) is 0 Å². The van der Waals surface area contributed by atoms with Crippen molar-refractivity contribution in [1.82, 2.24) is 9.88 Å². The van der Waals surface area contributed by atoms with Gasteiger partial charge in [0.1, 0.15) is 18.5 Å². The maximum Gasteiger partial charge on any atom is 0.276 e. The van der Waals surface area contributed by atoms with Crippen LogP contribution in [0.3, 0.4) is 0 Å². The summed E-state index contributed by atoms with van der Waals surface area (Å²) >= 11 is 0. The van der Waals surface area contributed by atoms with E-state index in [0.717, 1.165) is 11.1 Å². The summed E-state index contributed by atoms with van der Waals surface area (Å²) in [6.45, 7) is 1.14. The molecule has 0 radical (unpaired) electrons. The Kier molecular flexibility index (Phi) is 4.86. The first kappa shape index (κ1) is 18.7. The van der Waals surface area contributed by atoms with Crippen LogP contribution in [0, 0.1) is 0 Å². The van der Waals surface area contributed by atoms with Gasteiger partial charge >= 0.3 is 0 Å². The van der Waals surface area contributed by atoms with Crippen molar-refractivity contribution >= 4 is 5.91 Å². The van der Waals surface area contributed by atoms with Crippen molar-refractivity contribution in [3.05, 3.63) is 77.5 Å². The molecular formula is C22H21N3O5. The zero-order valence-corrected chi connectivity index (χ0v) is 16.2. The maximum atomic E-state index is 13.1. The summed E-state index contributed by atoms with van der Waals surface area (Å²) in [5.41, 5.74) is 7.72. The van der Waals surface area contributed by atoms with Crippen LogP contribution >= 0.6 is 0 Å². The molecule has 2 N–H and O–H groups in total. The maximum absolute atomic E-state index is 13.1. The van der Waals surface area contributed by atoms with E-state index in [1.165, 1.54) is 6.26 Å². The van der Waals surface area contributed by atoms with E-state index in [1.54, 1.807) is 4.90 Å². The number of hydrogen-bond donors (Lipinski definition) is 1. The average molecular weight is 407 g/mol. The predicted molar refractivity (Wildman–Crippen MR) is 106 cm³/mol. The van der Waals surface area contributed by atoms with Crippen LogP contribution in [0.5, 0.6) is 11.5 Å². The Morgan fingerprint density at radius 2 is 1.80 bits per heavy atom. The molecule has 0 unspecified atom stereocenters. The molecular weight excluding hydrogens is 386 g/mol. The number of carbonyl (C=O) groups is 1. The van der Waals surface area contributed by atoms with Crippen molar-refractivity contribution < 1.29 is 23.4 Å². The fourth-order valence-electron chi connectivity index (χ4n) is 3.74. The summed E-state index contributed by atoms with van der Waals surface area (Å²) in [6, 6.07) is 15.6. The minimum Gasteiger partial charge on any atom is -0.454 e. The summed E-state index contributed by atoms with van der Waals surface area (Å²) < 4.78 is 22.6. The number of ether oxygens (including phenoxy) is 3. The van der Waals surface area contributed by atoms with E-state index in [-0.39, 0.29) is 37.1 Å². The Hall–Kier alpha value is -3.36. The van der Waals surface area contributed by atoms with Crippen LogP contribution in [-0.2, 0) is 11.3 Å². The third-order valence-corrected chi connectivity index (χ3v) is 5.27. The van der Waals surface area contributed by atoms with Gasteiger partial charge in [-0.05, 0) is 23.3 Å². The number of oxazole rings is 1. The molecule has 0 saturated carbocycles. The van der Waals surface area contributed by atoms with Gasteiger partial charge in [0.15, 0.2) is 17.2 Å². The number of nitrogens with zero attached hydrogens (tertiary/aromatic N) is 2. The normalized spacial score (nSPS) is 20.4. The first-order valence-electron chi connectivity index (χ1n) is 9.75. The molecule has 3 heterocycles. The van der Waals surface area contributed by atoms with E-state index in [9.17, 15) is 4.79 Å². The molecule has 3 aromatic rings. The summed E-state index contributed by atoms with van der Waals surface area (Å²) in [4.78, 5) is 19.1. The van der Waals surface area contributed by atoms with Crippen molar-refractivity contribution in [1.29, 1.82) is 0 Å². The van der Waals surface area contributed by atoms with Gasteiger partial charge in [-0.25, -0.2) is 4.98 Å². The van der Waals surface area contributed by atoms with Gasteiger partial charge in [-0.2, -0.15) is 0 Å². The van der Waals surface area contributed by atoms with E-state index in [0.29, 0.717) is 30.5 Å². The van der Waals surface area contributed by atoms with Gasteiger partial charge in [-0.15, -0.1) is 0 Å². The second-order valence-corrected chi connectivity index (χ2v) is 7.18. The van der Waals surface area contributed by atoms with Crippen molar-refractivity contribution in [3.63, 3.8) is 0 Å². The number of hydrogen-bond acceptors (Lipinski definition) is 7. The summed E-state index contributed by atoms with van der Waals surface area (Å²) in [6.07, 6.45) is 0.746. The van der Waals surface area contributed by atoms with Crippen molar-refractivity contribution in [3.8, 4) is 11.5 Å². The molecule has 2 aliphatic heterocycles. The van der Waals surface area contributed by atoms with Gasteiger partial charge in [-0.3, -0.25) is 4.79 Å². The molecule has 0 bridgehead atoms. The van der Waals surface area contributed by atoms with Crippen molar-refractivity contribution in [2.24, 2.45) is 5.73 Å². The molecule has 0 spiro atoms. The van der Waals surface area contributed by atoms with Gasteiger partial charge in [0.25, 0.3) is 5.91 Å². The number of nitrogens with two attached hydrogens (primary N) is 1. The molecule has 1 fully saturated rings. The second kappa shape index (κ2) is 7.81. The van der Waals surface area contributed by atoms with Gasteiger partial charge in [0, 0.05) is 0 Å². The minimum absolute atomic E-state index is 0.142. The first-order chi connectivity index (χ1) is 14.7. The lowest BCUT2D eigenvalue weighted by Gasteiger charge is -2.38. The van der Waals surface area contributed by atoms with Crippen LogP contribution in [0.15, 0.2) is 59.2 Å². The SMILES string of the molecule is NCc1nc(C(=O)N2C[C@@H](c3ccccc3)O[C@@H](c3ccc4c(c3)OCO4)C2)co1. The van der Waals surface area contributed by atoms with Gasteiger partial charge in [0.2, 0.25) is 12.7 Å². The number of amides is 1.